The van der Waals surface area contributed by atoms with Gasteiger partial charge in [-0.1, -0.05) is 53.8 Å². The number of aromatic nitrogens is 1. The Morgan fingerprint density at radius 2 is 1.88 bits per heavy atom. The maximum absolute atomic E-state index is 12.1. The summed E-state index contributed by atoms with van der Waals surface area (Å²) in [6.07, 6.45) is 1.42. The number of amides is 1. The van der Waals surface area contributed by atoms with Gasteiger partial charge in [-0.15, -0.1) is 0 Å². The van der Waals surface area contributed by atoms with E-state index in [1.54, 1.807) is 11.3 Å². The minimum atomic E-state index is 0.0506. The molecule has 0 aliphatic heterocycles. The van der Waals surface area contributed by atoms with E-state index in [9.17, 15) is 4.79 Å². The van der Waals surface area contributed by atoms with Gasteiger partial charge in [-0.25, -0.2) is 4.98 Å². The summed E-state index contributed by atoms with van der Waals surface area (Å²) >= 11 is 3.43. The Bertz CT molecular complexity index is 820. The monoisotopic (exact) mass is 370 g/mol. The van der Waals surface area contributed by atoms with Crippen LogP contribution in [0.25, 0.3) is 10.2 Å². The van der Waals surface area contributed by atoms with Crippen molar-refractivity contribution in [3.63, 3.8) is 0 Å². The van der Waals surface area contributed by atoms with Gasteiger partial charge in [0.2, 0.25) is 5.91 Å². The number of thioether (sulfide) groups is 1. The number of nitrogens with one attached hydrogen (secondary N) is 1. The van der Waals surface area contributed by atoms with Crippen LogP contribution in [0.3, 0.4) is 0 Å². The molecule has 1 amide bonds. The zero-order valence-corrected chi connectivity index (χ0v) is 16.2. The summed E-state index contributed by atoms with van der Waals surface area (Å²) in [6.45, 7) is 4.13. The van der Waals surface area contributed by atoms with Gasteiger partial charge in [-0.3, -0.25) is 4.79 Å². The number of benzene rings is 2. The zero-order chi connectivity index (χ0) is 17.6. The van der Waals surface area contributed by atoms with Gasteiger partial charge in [0.25, 0.3) is 0 Å². The molecule has 0 radical (unpaired) electrons. The average Bonchev–Trinajstić information content (AvgIpc) is 3.04. The molecule has 0 aliphatic carbocycles. The molecule has 0 saturated heterocycles. The van der Waals surface area contributed by atoms with E-state index in [-0.39, 0.29) is 5.91 Å². The first-order chi connectivity index (χ1) is 12.1. The first-order valence-corrected chi connectivity index (χ1v) is 10.4. The second-order valence-corrected chi connectivity index (χ2v) is 8.19. The molecule has 0 bridgehead atoms. The van der Waals surface area contributed by atoms with Crippen LogP contribution in [0.15, 0.2) is 42.5 Å². The molecular weight excluding hydrogens is 348 g/mol. The Hall–Kier alpha value is -1.85. The van der Waals surface area contributed by atoms with Gasteiger partial charge in [0.1, 0.15) is 0 Å². The number of hydrogen-bond donors (Lipinski definition) is 1. The second kappa shape index (κ2) is 8.50. The standard InChI is InChI=1S/C20H22N2OS2/c1-14-10-11-15(2)19-18(14)22-20(25-19)21-17(23)9-6-12-24-13-16-7-4-3-5-8-16/h3-5,7-8,10-11H,6,9,12-13H2,1-2H3,(H,21,22,23). The molecule has 0 fully saturated rings. The lowest BCUT2D eigenvalue weighted by Gasteiger charge is -2.03. The summed E-state index contributed by atoms with van der Waals surface area (Å²) in [7, 11) is 0. The Kier molecular flexibility index (Phi) is 6.10. The lowest BCUT2D eigenvalue weighted by atomic mass is 10.1. The van der Waals surface area contributed by atoms with E-state index in [4.69, 9.17) is 0 Å². The number of hydrogen-bond acceptors (Lipinski definition) is 4. The van der Waals surface area contributed by atoms with Crippen molar-refractivity contribution in [3.8, 4) is 0 Å². The minimum absolute atomic E-state index is 0.0506. The van der Waals surface area contributed by atoms with Crippen molar-refractivity contribution in [1.29, 1.82) is 0 Å². The highest BCUT2D eigenvalue weighted by molar-refractivity contribution is 7.98. The van der Waals surface area contributed by atoms with Gasteiger partial charge in [0, 0.05) is 12.2 Å². The fourth-order valence-electron chi connectivity index (χ4n) is 2.59. The molecule has 3 nitrogen and oxygen atoms in total. The highest BCUT2D eigenvalue weighted by Crippen LogP contribution is 2.30. The number of carbonyl (C=O) groups is 1. The maximum atomic E-state index is 12.1. The molecule has 0 atom stereocenters. The molecule has 0 spiro atoms. The number of thiazole rings is 1. The van der Waals surface area contributed by atoms with Crippen molar-refractivity contribution in [2.24, 2.45) is 0 Å². The quantitative estimate of drug-likeness (QED) is 0.553. The Morgan fingerprint density at radius 3 is 2.64 bits per heavy atom. The molecule has 1 heterocycles. The fourth-order valence-corrected chi connectivity index (χ4v) is 4.54. The summed E-state index contributed by atoms with van der Waals surface area (Å²) in [5.41, 5.74) is 4.68. The molecule has 3 rings (SSSR count). The van der Waals surface area contributed by atoms with Crippen LogP contribution in [0.2, 0.25) is 0 Å². The first-order valence-electron chi connectivity index (χ1n) is 8.42. The molecule has 130 valence electrons. The molecular formula is C20H22N2OS2. The van der Waals surface area contributed by atoms with Crippen molar-refractivity contribution in [2.75, 3.05) is 11.1 Å². The number of aryl methyl sites for hydroxylation is 2. The fraction of sp³-hybridized carbons (Fsp3) is 0.300. The average molecular weight is 371 g/mol. The van der Waals surface area contributed by atoms with E-state index in [2.05, 4.69) is 60.5 Å². The van der Waals surface area contributed by atoms with E-state index >= 15 is 0 Å². The van der Waals surface area contributed by atoms with Crippen molar-refractivity contribution >= 4 is 44.4 Å². The largest absolute Gasteiger partial charge is 0.302 e. The van der Waals surface area contributed by atoms with Gasteiger partial charge >= 0.3 is 0 Å². The van der Waals surface area contributed by atoms with E-state index in [1.165, 1.54) is 11.1 Å². The summed E-state index contributed by atoms with van der Waals surface area (Å²) in [4.78, 5) is 16.7. The third kappa shape index (κ3) is 4.83. The molecule has 0 saturated carbocycles. The van der Waals surface area contributed by atoms with Gasteiger partial charge in [-0.2, -0.15) is 11.8 Å². The number of carbonyl (C=O) groups excluding carboxylic acids is 1. The topological polar surface area (TPSA) is 42.0 Å². The summed E-state index contributed by atoms with van der Waals surface area (Å²) < 4.78 is 1.16. The summed E-state index contributed by atoms with van der Waals surface area (Å²) in [5, 5.41) is 3.66. The van der Waals surface area contributed by atoms with E-state index in [0.29, 0.717) is 11.6 Å². The van der Waals surface area contributed by atoms with Gasteiger partial charge < -0.3 is 5.32 Å². The summed E-state index contributed by atoms with van der Waals surface area (Å²) in [5.74, 6) is 2.04. The molecule has 2 aromatic carbocycles. The van der Waals surface area contributed by atoms with Gasteiger partial charge in [0.05, 0.1) is 10.2 Å². The normalized spacial score (nSPS) is 11.0. The third-order valence-corrected chi connectivity index (χ3v) is 6.21. The maximum Gasteiger partial charge on any atom is 0.226 e. The van der Waals surface area contributed by atoms with Crippen molar-refractivity contribution in [1.82, 2.24) is 4.98 Å². The van der Waals surface area contributed by atoms with Crippen molar-refractivity contribution in [2.45, 2.75) is 32.4 Å². The van der Waals surface area contributed by atoms with Crippen LogP contribution in [0, 0.1) is 13.8 Å². The highest BCUT2D eigenvalue weighted by Gasteiger charge is 2.10. The lowest BCUT2D eigenvalue weighted by molar-refractivity contribution is -0.116. The van der Waals surface area contributed by atoms with Gasteiger partial charge in [-0.05, 0) is 42.7 Å². The Labute approximate surface area is 156 Å². The SMILES string of the molecule is Cc1ccc(C)c2sc(NC(=O)CCCSCc3ccccc3)nc12. The molecule has 3 aromatic rings. The van der Waals surface area contributed by atoms with Crippen LogP contribution in [-0.4, -0.2) is 16.6 Å². The lowest BCUT2D eigenvalue weighted by Crippen LogP contribution is -2.11. The predicted octanol–water partition coefficient (Wildman–Crippen LogP) is 5.57. The van der Waals surface area contributed by atoms with Crippen LogP contribution < -0.4 is 5.32 Å². The second-order valence-electron chi connectivity index (χ2n) is 6.09. The van der Waals surface area contributed by atoms with E-state index in [0.717, 1.165) is 33.7 Å². The Balaban J connectivity index is 1.45. The smallest absolute Gasteiger partial charge is 0.226 e. The minimum Gasteiger partial charge on any atom is -0.302 e. The predicted molar refractivity (Wildman–Crippen MR) is 110 cm³/mol. The molecule has 25 heavy (non-hydrogen) atoms. The molecule has 1 aromatic heterocycles. The number of rotatable bonds is 7. The molecule has 5 heteroatoms. The van der Waals surface area contributed by atoms with Gasteiger partial charge in [0.15, 0.2) is 5.13 Å². The van der Waals surface area contributed by atoms with Crippen LogP contribution in [-0.2, 0) is 10.5 Å². The van der Waals surface area contributed by atoms with Crippen LogP contribution in [0.5, 0.6) is 0 Å². The summed E-state index contributed by atoms with van der Waals surface area (Å²) in [6, 6.07) is 14.6. The van der Waals surface area contributed by atoms with Crippen LogP contribution >= 0.6 is 23.1 Å². The third-order valence-electron chi connectivity index (χ3n) is 3.99. The zero-order valence-electron chi connectivity index (χ0n) is 14.5. The van der Waals surface area contributed by atoms with Crippen molar-refractivity contribution in [3.05, 3.63) is 59.2 Å². The highest BCUT2D eigenvalue weighted by atomic mass is 32.2. The first kappa shape index (κ1) is 18.0. The Morgan fingerprint density at radius 1 is 1.12 bits per heavy atom. The molecule has 0 unspecified atom stereocenters. The molecule has 0 aliphatic rings. The number of nitrogens with zero attached hydrogens (tertiary/aromatic N) is 1. The van der Waals surface area contributed by atoms with Crippen LogP contribution in [0.1, 0.15) is 29.5 Å². The van der Waals surface area contributed by atoms with E-state index in [1.807, 2.05) is 17.8 Å². The molecule has 1 N–H and O–H groups in total. The van der Waals surface area contributed by atoms with E-state index < -0.39 is 0 Å². The number of fused-ring (bicyclic) bond motifs is 1. The van der Waals surface area contributed by atoms with Crippen molar-refractivity contribution < 1.29 is 4.79 Å². The number of anilines is 1. The van der Waals surface area contributed by atoms with Crippen LogP contribution in [0.4, 0.5) is 5.13 Å².